The van der Waals surface area contributed by atoms with Crippen molar-refractivity contribution in [1.82, 2.24) is 19.5 Å². The fraction of sp³-hybridized carbons (Fsp3) is 0. The van der Waals surface area contributed by atoms with Crippen molar-refractivity contribution in [3.8, 4) is 52.0 Å². The van der Waals surface area contributed by atoms with Crippen LogP contribution in [-0.4, -0.2) is 19.5 Å². The third kappa shape index (κ3) is 4.23. The lowest BCUT2D eigenvalue weighted by atomic mass is 10.1. The Kier molecular flexibility index (Phi) is 6.11. The minimum atomic E-state index is 0.387. The van der Waals surface area contributed by atoms with Gasteiger partial charge in [-0.2, -0.15) is 10.5 Å². The molecule has 9 rings (SSSR count). The van der Waals surface area contributed by atoms with E-state index in [4.69, 9.17) is 19.4 Å². The molecule has 6 aromatic carbocycles. The monoisotopic (exact) mass is 614 g/mol. The van der Waals surface area contributed by atoms with E-state index < -0.39 is 0 Å². The van der Waals surface area contributed by atoms with E-state index in [1.54, 1.807) is 12.1 Å². The largest absolute Gasteiger partial charge is 0.455 e. The zero-order valence-corrected chi connectivity index (χ0v) is 25.3. The average molecular weight is 615 g/mol. The summed E-state index contributed by atoms with van der Waals surface area (Å²) >= 11 is 0. The van der Waals surface area contributed by atoms with Crippen LogP contribution in [0.5, 0.6) is 0 Å². The van der Waals surface area contributed by atoms with E-state index in [1.165, 1.54) is 0 Å². The molecule has 0 spiro atoms. The predicted octanol–water partition coefficient (Wildman–Crippen LogP) is 9.61. The van der Waals surface area contributed by atoms with Crippen molar-refractivity contribution >= 4 is 43.7 Å². The maximum absolute atomic E-state index is 10.5. The van der Waals surface area contributed by atoms with E-state index in [-0.39, 0.29) is 0 Å². The number of rotatable bonds is 4. The van der Waals surface area contributed by atoms with Crippen molar-refractivity contribution in [2.45, 2.75) is 0 Å². The number of hydrogen-bond donors (Lipinski definition) is 0. The summed E-state index contributed by atoms with van der Waals surface area (Å²) in [7, 11) is 0. The van der Waals surface area contributed by atoms with Gasteiger partial charge in [0.2, 0.25) is 0 Å². The number of aromatic nitrogens is 4. The Balaban J connectivity index is 1.24. The summed E-state index contributed by atoms with van der Waals surface area (Å²) in [6, 6.07) is 47.7. The lowest BCUT2D eigenvalue weighted by Gasteiger charge is -2.12. The summed E-state index contributed by atoms with van der Waals surface area (Å²) in [5, 5.41) is 24.0. The van der Waals surface area contributed by atoms with Crippen molar-refractivity contribution < 1.29 is 4.42 Å². The van der Waals surface area contributed by atoms with Crippen molar-refractivity contribution in [3.05, 3.63) is 145 Å². The van der Waals surface area contributed by atoms with Crippen LogP contribution in [0.25, 0.3) is 83.6 Å². The van der Waals surface area contributed by atoms with Crippen LogP contribution < -0.4 is 0 Å². The summed E-state index contributed by atoms with van der Waals surface area (Å²) in [5.74, 6) is 1.33. The minimum Gasteiger partial charge on any atom is -0.455 e. The maximum atomic E-state index is 10.5. The number of nitriles is 2. The molecule has 7 heteroatoms. The summed E-state index contributed by atoms with van der Waals surface area (Å²) in [6.07, 6.45) is 0. The SMILES string of the molecule is N#Cc1ccc(-c2nc(-c3ccccc3)nc(-c3ccc(-n4c5ccccc5c5c6oc7ccccc7c6ccc54)cc3C#N)n2)cc1. The van der Waals surface area contributed by atoms with Crippen molar-refractivity contribution in [3.63, 3.8) is 0 Å². The number of hydrogen-bond acceptors (Lipinski definition) is 6. The first-order chi connectivity index (χ1) is 23.7. The zero-order chi connectivity index (χ0) is 32.2. The highest BCUT2D eigenvalue weighted by Gasteiger charge is 2.20. The maximum Gasteiger partial charge on any atom is 0.165 e. The molecule has 0 amide bonds. The molecule has 0 saturated carbocycles. The number of furan rings is 1. The molecule has 0 fully saturated rings. The van der Waals surface area contributed by atoms with Crippen LogP contribution in [0.2, 0.25) is 0 Å². The Morgan fingerprint density at radius 1 is 0.542 bits per heavy atom. The lowest BCUT2D eigenvalue weighted by Crippen LogP contribution is -2.02. The number of nitrogens with zero attached hydrogens (tertiary/aromatic N) is 6. The average Bonchev–Trinajstić information content (AvgIpc) is 3.70. The summed E-state index contributed by atoms with van der Waals surface area (Å²) in [4.78, 5) is 14.5. The number of benzene rings is 6. The Bertz CT molecular complexity index is 2800. The molecule has 222 valence electrons. The van der Waals surface area contributed by atoms with Crippen molar-refractivity contribution in [2.24, 2.45) is 0 Å². The van der Waals surface area contributed by atoms with Crippen LogP contribution in [0, 0.1) is 22.7 Å². The van der Waals surface area contributed by atoms with Crippen molar-refractivity contribution in [2.75, 3.05) is 0 Å². The van der Waals surface area contributed by atoms with E-state index in [2.05, 4.69) is 47.0 Å². The van der Waals surface area contributed by atoms with Gasteiger partial charge in [0.25, 0.3) is 0 Å². The highest BCUT2D eigenvalue weighted by Crippen LogP contribution is 2.41. The van der Waals surface area contributed by atoms with Crippen LogP contribution in [-0.2, 0) is 0 Å². The molecule has 3 heterocycles. The third-order valence-electron chi connectivity index (χ3n) is 8.74. The minimum absolute atomic E-state index is 0.387. The molecule has 0 radical (unpaired) electrons. The first-order valence-electron chi connectivity index (χ1n) is 15.4. The molecule has 0 unspecified atom stereocenters. The van der Waals surface area contributed by atoms with E-state index in [0.717, 1.165) is 60.6 Å². The van der Waals surface area contributed by atoms with Crippen LogP contribution in [0.1, 0.15) is 11.1 Å². The molecular formula is C41H22N6O. The molecule has 7 nitrogen and oxygen atoms in total. The second-order valence-corrected chi connectivity index (χ2v) is 11.5. The normalized spacial score (nSPS) is 11.3. The van der Waals surface area contributed by atoms with Gasteiger partial charge in [0.1, 0.15) is 11.2 Å². The first kappa shape index (κ1) is 27.2. The van der Waals surface area contributed by atoms with Crippen LogP contribution in [0.15, 0.2) is 138 Å². The molecule has 48 heavy (non-hydrogen) atoms. The molecule has 0 saturated heterocycles. The Labute approximate surface area is 274 Å². The van der Waals surface area contributed by atoms with Gasteiger partial charge in [-0.25, -0.2) is 15.0 Å². The topological polar surface area (TPSA) is 104 Å². The van der Waals surface area contributed by atoms with Gasteiger partial charge in [-0.05, 0) is 66.7 Å². The molecule has 0 aliphatic rings. The standard InChI is InChI=1S/C41H22N6O/c42-23-25-14-16-27(17-15-25)40-44-39(26-8-2-1-3-9-26)45-41(46-40)30-19-18-29(22-28(30)24-43)47-34-12-6-4-11-33(34)37-35(47)21-20-32-31-10-5-7-13-36(31)48-38(32)37/h1-22H. The molecule has 0 bridgehead atoms. The Morgan fingerprint density at radius 2 is 1.23 bits per heavy atom. The van der Waals surface area contributed by atoms with Gasteiger partial charge in [0.05, 0.1) is 39.7 Å². The lowest BCUT2D eigenvalue weighted by molar-refractivity contribution is 0.673. The van der Waals surface area contributed by atoms with Gasteiger partial charge in [-0.1, -0.05) is 66.7 Å². The second-order valence-electron chi connectivity index (χ2n) is 11.5. The molecule has 0 aliphatic heterocycles. The molecule has 0 atom stereocenters. The summed E-state index contributed by atoms with van der Waals surface area (Å²) in [6.45, 7) is 0. The van der Waals surface area contributed by atoms with E-state index in [0.29, 0.717) is 34.2 Å². The van der Waals surface area contributed by atoms with Crippen LogP contribution >= 0.6 is 0 Å². The van der Waals surface area contributed by atoms with Crippen molar-refractivity contribution in [1.29, 1.82) is 10.5 Å². The van der Waals surface area contributed by atoms with E-state index in [1.807, 2.05) is 91.0 Å². The van der Waals surface area contributed by atoms with Gasteiger partial charge in [0, 0.05) is 38.5 Å². The fourth-order valence-electron chi connectivity index (χ4n) is 6.51. The van der Waals surface area contributed by atoms with E-state index >= 15 is 0 Å². The number of para-hydroxylation sites is 2. The molecule has 0 N–H and O–H groups in total. The second kappa shape index (κ2) is 10.8. The number of fused-ring (bicyclic) bond motifs is 7. The molecule has 9 aromatic rings. The van der Waals surface area contributed by atoms with Gasteiger partial charge >= 0.3 is 0 Å². The highest BCUT2D eigenvalue weighted by molar-refractivity contribution is 6.23. The molecule has 0 aliphatic carbocycles. The fourth-order valence-corrected chi connectivity index (χ4v) is 6.51. The highest BCUT2D eigenvalue weighted by atomic mass is 16.3. The predicted molar refractivity (Wildman–Crippen MR) is 187 cm³/mol. The first-order valence-corrected chi connectivity index (χ1v) is 15.4. The third-order valence-corrected chi connectivity index (χ3v) is 8.74. The quantitative estimate of drug-likeness (QED) is 0.195. The van der Waals surface area contributed by atoms with Gasteiger partial charge in [0.15, 0.2) is 17.5 Å². The summed E-state index contributed by atoms with van der Waals surface area (Å²) in [5.41, 5.74) is 7.65. The molecule has 3 aromatic heterocycles. The Hall–Kier alpha value is -7.09. The summed E-state index contributed by atoms with van der Waals surface area (Å²) < 4.78 is 8.62. The van der Waals surface area contributed by atoms with Gasteiger partial charge in [-0.15, -0.1) is 0 Å². The van der Waals surface area contributed by atoms with Gasteiger partial charge < -0.3 is 8.98 Å². The Morgan fingerprint density at radius 3 is 2.00 bits per heavy atom. The smallest absolute Gasteiger partial charge is 0.165 e. The van der Waals surface area contributed by atoms with E-state index in [9.17, 15) is 10.5 Å². The zero-order valence-electron chi connectivity index (χ0n) is 25.3. The van der Waals surface area contributed by atoms with Gasteiger partial charge in [-0.3, -0.25) is 0 Å². The van der Waals surface area contributed by atoms with Crippen LogP contribution in [0.3, 0.4) is 0 Å². The van der Waals surface area contributed by atoms with Crippen LogP contribution in [0.4, 0.5) is 0 Å². The molecular weight excluding hydrogens is 592 g/mol.